The molecule has 0 aromatic heterocycles. The van der Waals surface area contributed by atoms with Crippen molar-refractivity contribution in [2.45, 2.75) is 26.4 Å². The molecule has 0 heterocycles. The number of carbonyl (C=O) groups excluding carboxylic acids is 1. The van der Waals surface area contributed by atoms with Gasteiger partial charge in [0.1, 0.15) is 0 Å². The number of carbonyl (C=O) groups is 1. The summed E-state index contributed by atoms with van der Waals surface area (Å²) in [5.41, 5.74) is 1.24. The van der Waals surface area contributed by atoms with E-state index in [0.29, 0.717) is 17.9 Å². The van der Waals surface area contributed by atoms with Crippen molar-refractivity contribution in [1.29, 1.82) is 0 Å². The lowest BCUT2D eigenvalue weighted by Gasteiger charge is -2.13. The predicted molar refractivity (Wildman–Crippen MR) is 62.2 cm³/mol. The molecule has 1 rings (SSSR count). The maximum absolute atomic E-state index is 11.3. The molecule has 1 aromatic rings. The molecule has 1 atom stereocenters. The molecule has 1 N–H and O–H groups in total. The molecule has 1 aromatic carbocycles. The number of esters is 1. The molecule has 88 valence electrons. The zero-order valence-corrected chi connectivity index (χ0v) is 9.93. The van der Waals surface area contributed by atoms with Crippen molar-refractivity contribution < 1.29 is 14.6 Å². The number of benzene rings is 1. The molecule has 0 radical (unpaired) electrons. The van der Waals surface area contributed by atoms with E-state index in [2.05, 4.69) is 4.74 Å². The molecule has 0 aliphatic carbocycles. The standard InChI is InChI=1S/C13H18O3/c1-9(2)7-12(14)10-5-4-6-11(8-10)13(15)16-3/h4-6,8-9,12,14H,7H2,1-3H3. The Morgan fingerprint density at radius 1 is 1.44 bits per heavy atom. The molecule has 3 heteroatoms. The second-order valence-electron chi connectivity index (χ2n) is 4.26. The van der Waals surface area contributed by atoms with E-state index in [1.807, 2.05) is 19.9 Å². The molecule has 0 aliphatic rings. The maximum Gasteiger partial charge on any atom is 0.337 e. The fourth-order valence-corrected chi connectivity index (χ4v) is 1.57. The molecular weight excluding hydrogens is 204 g/mol. The first kappa shape index (κ1) is 12.7. The van der Waals surface area contributed by atoms with Gasteiger partial charge in [-0.25, -0.2) is 4.79 Å². The van der Waals surface area contributed by atoms with Crippen LogP contribution in [0, 0.1) is 5.92 Å². The van der Waals surface area contributed by atoms with Gasteiger partial charge in [0, 0.05) is 0 Å². The van der Waals surface area contributed by atoms with E-state index in [9.17, 15) is 9.90 Å². The lowest BCUT2D eigenvalue weighted by atomic mass is 9.98. The van der Waals surface area contributed by atoms with Crippen molar-refractivity contribution in [1.82, 2.24) is 0 Å². The zero-order chi connectivity index (χ0) is 12.1. The van der Waals surface area contributed by atoms with Crippen LogP contribution in [0.1, 0.15) is 42.3 Å². The largest absolute Gasteiger partial charge is 0.465 e. The summed E-state index contributed by atoms with van der Waals surface area (Å²) in [6.45, 7) is 4.10. The lowest BCUT2D eigenvalue weighted by molar-refractivity contribution is 0.0600. The van der Waals surface area contributed by atoms with Crippen LogP contribution in [0.5, 0.6) is 0 Å². The van der Waals surface area contributed by atoms with Gasteiger partial charge in [-0.15, -0.1) is 0 Å². The molecule has 0 amide bonds. The topological polar surface area (TPSA) is 46.5 Å². The highest BCUT2D eigenvalue weighted by Crippen LogP contribution is 2.21. The first-order valence-corrected chi connectivity index (χ1v) is 5.41. The van der Waals surface area contributed by atoms with Crippen molar-refractivity contribution in [3.05, 3.63) is 35.4 Å². The number of rotatable bonds is 4. The van der Waals surface area contributed by atoms with E-state index in [-0.39, 0.29) is 5.97 Å². The van der Waals surface area contributed by atoms with Crippen LogP contribution in [-0.4, -0.2) is 18.2 Å². The summed E-state index contributed by atoms with van der Waals surface area (Å²) in [4.78, 5) is 11.3. The highest BCUT2D eigenvalue weighted by molar-refractivity contribution is 5.89. The molecule has 16 heavy (non-hydrogen) atoms. The Bertz CT molecular complexity index is 358. The maximum atomic E-state index is 11.3. The van der Waals surface area contributed by atoms with Crippen molar-refractivity contribution in [2.75, 3.05) is 7.11 Å². The monoisotopic (exact) mass is 222 g/mol. The molecule has 1 unspecified atom stereocenters. The molecule has 0 aliphatic heterocycles. The van der Waals surface area contributed by atoms with Crippen LogP contribution in [0.2, 0.25) is 0 Å². The summed E-state index contributed by atoms with van der Waals surface area (Å²) < 4.78 is 4.63. The Morgan fingerprint density at radius 3 is 2.69 bits per heavy atom. The zero-order valence-electron chi connectivity index (χ0n) is 9.93. The van der Waals surface area contributed by atoms with Gasteiger partial charge in [-0.05, 0) is 30.0 Å². The minimum atomic E-state index is -0.524. The number of aliphatic hydroxyl groups excluding tert-OH is 1. The fourth-order valence-electron chi connectivity index (χ4n) is 1.57. The summed E-state index contributed by atoms with van der Waals surface area (Å²) in [5.74, 6) is 0.0374. The van der Waals surface area contributed by atoms with Crippen LogP contribution >= 0.6 is 0 Å². The predicted octanol–water partition coefficient (Wildman–Crippen LogP) is 2.55. The fraction of sp³-hybridized carbons (Fsp3) is 0.462. The number of methoxy groups -OCH3 is 1. The molecule has 0 spiro atoms. The van der Waals surface area contributed by atoms with Gasteiger partial charge in [0.2, 0.25) is 0 Å². The average Bonchev–Trinajstić information content (AvgIpc) is 2.27. The smallest absolute Gasteiger partial charge is 0.337 e. The van der Waals surface area contributed by atoms with Gasteiger partial charge in [0.15, 0.2) is 0 Å². The highest BCUT2D eigenvalue weighted by atomic mass is 16.5. The van der Waals surface area contributed by atoms with E-state index >= 15 is 0 Å². The van der Waals surface area contributed by atoms with Gasteiger partial charge >= 0.3 is 5.97 Å². The van der Waals surface area contributed by atoms with Gasteiger partial charge in [0.25, 0.3) is 0 Å². The van der Waals surface area contributed by atoms with Crippen molar-refractivity contribution >= 4 is 5.97 Å². The number of aliphatic hydroxyl groups is 1. The Hall–Kier alpha value is -1.35. The van der Waals surface area contributed by atoms with Crippen LogP contribution in [-0.2, 0) is 4.74 Å². The third kappa shape index (κ3) is 3.35. The Balaban J connectivity index is 2.85. The molecule has 0 saturated carbocycles. The average molecular weight is 222 g/mol. The van der Waals surface area contributed by atoms with Gasteiger partial charge < -0.3 is 9.84 Å². The number of ether oxygens (including phenoxy) is 1. The third-order valence-electron chi connectivity index (χ3n) is 2.39. The molecular formula is C13H18O3. The first-order chi connectivity index (χ1) is 7.54. The van der Waals surface area contributed by atoms with Gasteiger partial charge in [0.05, 0.1) is 18.8 Å². The highest BCUT2D eigenvalue weighted by Gasteiger charge is 2.12. The summed E-state index contributed by atoms with van der Waals surface area (Å²) in [6.07, 6.45) is 0.162. The van der Waals surface area contributed by atoms with Crippen LogP contribution in [0.3, 0.4) is 0 Å². The van der Waals surface area contributed by atoms with Crippen LogP contribution < -0.4 is 0 Å². The Morgan fingerprint density at radius 2 is 2.12 bits per heavy atom. The minimum absolute atomic E-state index is 0.376. The van der Waals surface area contributed by atoms with E-state index in [4.69, 9.17) is 0 Å². The van der Waals surface area contributed by atoms with Crippen LogP contribution in [0.4, 0.5) is 0 Å². The number of hydrogen-bond donors (Lipinski definition) is 1. The summed E-state index contributed by atoms with van der Waals surface area (Å²) >= 11 is 0. The molecule has 0 saturated heterocycles. The van der Waals surface area contributed by atoms with Gasteiger partial charge in [-0.1, -0.05) is 26.0 Å². The quantitative estimate of drug-likeness (QED) is 0.796. The molecule has 0 fully saturated rings. The first-order valence-electron chi connectivity index (χ1n) is 5.41. The number of hydrogen-bond acceptors (Lipinski definition) is 3. The minimum Gasteiger partial charge on any atom is -0.465 e. The van der Waals surface area contributed by atoms with E-state index < -0.39 is 6.10 Å². The Labute approximate surface area is 96.1 Å². The van der Waals surface area contributed by atoms with E-state index in [1.54, 1.807) is 18.2 Å². The second kappa shape index (κ2) is 5.66. The van der Waals surface area contributed by atoms with Crippen molar-refractivity contribution in [3.63, 3.8) is 0 Å². The van der Waals surface area contributed by atoms with Crippen LogP contribution in [0.25, 0.3) is 0 Å². The summed E-state index contributed by atoms with van der Waals surface area (Å²) in [5, 5.41) is 9.92. The van der Waals surface area contributed by atoms with E-state index in [1.165, 1.54) is 7.11 Å². The van der Waals surface area contributed by atoms with Gasteiger partial charge in [-0.3, -0.25) is 0 Å². The van der Waals surface area contributed by atoms with Gasteiger partial charge in [-0.2, -0.15) is 0 Å². The van der Waals surface area contributed by atoms with Crippen LogP contribution in [0.15, 0.2) is 24.3 Å². The summed E-state index contributed by atoms with van der Waals surface area (Å²) in [6, 6.07) is 6.93. The lowest BCUT2D eigenvalue weighted by Crippen LogP contribution is -2.05. The normalized spacial score (nSPS) is 12.6. The SMILES string of the molecule is COC(=O)c1cccc(C(O)CC(C)C)c1. The van der Waals surface area contributed by atoms with E-state index in [0.717, 1.165) is 5.56 Å². The van der Waals surface area contributed by atoms with Crippen molar-refractivity contribution in [2.24, 2.45) is 5.92 Å². The summed E-state index contributed by atoms with van der Waals surface area (Å²) in [7, 11) is 1.35. The Kier molecular flexibility index (Phi) is 4.50. The third-order valence-corrected chi connectivity index (χ3v) is 2.39. The molecule has 3 nitrogen and oxygen atoms in total. The molecule has 0 bridgehead atoms. The second-order valence-corrected chi connectivity index (χ2v) is 4.26. The van der Waals surface area contributed by atoms with Crippen molar-refractivity contribution in [3.8, 4) is 0 Å².